The number of hydrogen-bond donors (Lipinski definition) is 2. The van der Waals surface area contributed by atoms with E-state index in [1.54, 1.807) is 5.32 Å². The van der Waals surface area contributed by atoms with Crippen molar-refractivity contribution in [2.24, 2.45) is 0 Å². The van der Waals surface area contributed by atoms with Gasteiger partial charge in [-0.25, -0.2) is 0 Å². The summed E-state index contributed by atoms with van der Waals surface area (Å²) < 4.78 is 57.8. The first-order chi connectivity index (χ1) is 6.38. The highest BCUT2D eigenvalue weighted by molar-refractivity contribution is 4.65. The molecule has 0 aliphatic carbocycles. The van der Waals surface area contributed by atoms with Gasteiger partial charge in [0.2, 0.25) is 0 Å². The molecule has 1 aliphatic rings. The average Bonchev–Trinajstić information content (AvgIpc) is 2.00. The first-order valence-electron chi connectivity index (χ1n) is 5.88. The van der Waals surface area contributed by atoms with Gasteiger partial charge in [-0.1, -0.05) is 0 Å². The van der Waals surface area contributed by atoms with E-state index in [0.717, 1.165) is 0 Å². The topological polar surface area (TPSA) is 32.3 Å². The summed E-state index contributed by atoms with van der Waals surface area (Å²) in [5, 5.41) is 11.2. The van der Waals surface area contributed by atoms with Crippen LogP contribution in [0.2, 0.25) is 0 Å². The van der Waals surface area contributed by atoms with E-state index in [9.17, 15) is 5.11 Å². The second kappa shape index (κ2) is 2.28. The normalized spacial score (nSPS) is 92.4. The Balaban J connectivity index is 3.30. The Hall–Kier alpha value is -0.0800. The molecule has 2 unspecified atom stereocenters. The minimum absolute atomic E-state index is 1.74. The molecule has 1 rings (SSSR count). The van der Waals surface area contributed by atoms with Crippen molar-refractivity contribution in [1.82, 2.24) is 5.32 Å². The molecule has 2 N–H and O–H groups in total. The third-order valence-corrected chi connectivity index (χ3v) is 0.525. The smallest absolute Gasteiger partial charge is 0.0665 e. The quantitative estimate of drug-likeness (QED) is 0.449. The fraction of sp³-hybridized carbons (Fsp3) is 1.00. The summed E-state index contributed by atoms with van der Waals surface area (Å²) in [6.07, 6.45) is -9.36. The summed E-state index contributed by atoms with van der Waals surface area (Å²) in [5.41, 5.74) is 0. The summed E-state index contributed by atoms with van der Waals surface area (Å²) in [6, 6.07) is 0. The lowest BCUT2D eigenvalue weighted by Crippen LogP contribution is -2.33. The maximum absolute atomic E-state index is 9.41. The molecule has 7 heavy (non-hydrogen) atoms. The number of hydrogen-bond acceptors (Lipinski definition) is 2. The molecule has 0 amide bonds. The lowest BCUT2D eigenvalue weighted by Gasteiger charge is -2.16. The average molecular weight is 109 g/mol. The van der Waals surface area contributed by atoms with Crippen molar-refractivity contribution in [1.29, 1.82) is 0 Å². The predicted molar refractivity (Wildman–Crippen MR) is 28.1 cm³/mol. The van der Waals surface area contributed by atoms with Crippen LogP contribution < -0.4 is 5.32 Å². The second-order valence-electron chi connectivity index (χ2n) is 1.03. The summed E-state index contributed by atoms with van der Waals surface area (Å²) >= 11 is 0. The van der Waals surface area contributed by atoms with Crippen LogP contribution >= 0.6 is 0 Å². The standard InChI is InChI=1S/C5H11NO/c7-5-2-1-3-6-4-5/h5-7H,1-4H2/i1D2,2D2,3D,4D2,5D. The van der Waals surface area contributed by atoms with Gasteiger partial charge in [0.15, 0.2) is 0 Å². The highest BCUT2D eigenvalue weighted by Crippen LogP contribution is 1.98. The minimum atomic E-state index is -3.30. The first-order valence-corrected chi connectivity index (χ1v) is 1.80. The van der Waals surface area contributed by atoms with Gasteiger partial charge in [0, 0.05) is 16.1 Å². The van der Waals surface area contributed by atoms with Crippen LogP contribution in [0.25, 0.3) is 0 Å². The molecule has 42 valence electrons. The molecular weight excluding hydrogens is 90.1 g/mol. The van der Waals surface area contributed by atoms with Gasteiger partial charge in [0.25, 0.3) is 0 Å². The van der Waals surface area contributed by atoms with Crippen molar-refractivity contribution in [3.63, 3.8) is 0 Å². The largest absolute Gasteiger partial charge is 0.392 e. The number of piperidine rings is 1. The molecule has 0 aromatic rings. The summed E-state index contributed by atoms with van der Waals surface area (Å²) in [5.74, 6) is 0. The lowest BCUT2D eigenvalue weighted by molar-refractivity contribution is 0.142. The fourth-order valence-corrected chi connectivity index (χ4v) is 0.276. The van der Waals surface area contributed by atoms with Crippen LogP contribution in [-0.2, 0) is 0 Å². The third-order valence-electron chi connectivity index (χ3n) is 0.525. The van der Waals surface area contributed by atoms with Crippen LogP contribution in [0, 0.1) is 0 Å². The molecule has 0 radical (unpaired) electrons. The number of aliphatic hydroxyl groups is 1. The molecule has 2 nitrogen and oxygen atoms in total. The van der Waals surface area contributed by atoms with Crippen LogP contribution in [0.5, 0.6) is 0 Å². The van der Waals surface area contributed by atoms with Gasteiger partial charge in [-0.05, 0) is 19.3 Å². The molecule has 0 aromatic heterocycles. The van der Waals surface area contributed by atoms with Crippen LogP contribution in [0.3, 0.4) is 0 Å². The van der Waals surface area contributed by atoms with Gasteiger partial charge in [0.1, 0.15) is 0 Å². The highest BCUT2D eigenvalue weighted by Gasteiger charge is 2.06. The van der Waals surface area contributed by atoms with Gasteiger partial charge in [0.05, 0.1) is 7.45 Å². The van der Waals surface area contributed by atoms with Gasteiger partial charge in [-0.2, -0.15) is 0 Å². The molecule has 0 saturated carbocycles. The van der Waals surface area contributed by atoms with Gasteiger partial charge >= 0.3 is 0 Å². The highest BCUT2D eigenvalue weighted by atomic mass is 16.3. The molecule has 1 saturated heterocycles. The molecule has 1 fully saturated rings. The summed E-state index contributed by atoms with van der Waals surface area (Å²) in [6.45, 7) is -4.79. The maximum Gasteiger partial charge on any atom is 0.0665 e. The van der Waals surface area contributed by atoms with Crippen LogP contribution in [-0.4, -0.2) is 24.2 Å². The van der Waals surface area contributed by atoms with E-state index in [2.05, 4.69) is 0 Å². The van der Waals surface area contributed by atoms with E-state index >= 15 is 0 Å². The molecule has 0 spiro atoms. The van der Waals surface area contributed by atoms with Crippen molar-refractivity contribution in [2.45, 2.75) is 18.8 Å². The van der Waals surface area contributed by atoms with Crippen LogP contribution in [0.4, 0.5) is 0 Å². The Bertz CT molecular complexity index is 276. The molecular formula is C5H11NO. The Labute approximate surface area is 54.8 Å². The molecule has 1 aliphatic heterocycles. The Kier molecular flexibility index (Phi) is 0.356. The van der Waals surface area contributed by atoms with Crippen molar-refractivity contribution in [3.05, 3.63) is 0 Å². The molecule has 1 heterocycles. The van der Waals surface area contributed by atoms with Gasteiger partial charge in [-0.3, -0.25) is 0 Å². The maximum atomic E-state index is 9.41. The number of nitrogens with one attached hydrogen (secondary N) is 1. The Morgan fingerprint density at radius 1 is 2.00 bits per heavy atom. The van der Waals surface area contributed by atoms with Crippen molar-refractivity contribution in [2.75, 3.05) is 13.0 Å². The van der Waals surface area contributed by atoms with E-state index < -0.39 is 31.8 Å². The Morgan fingerprint density at radius 2 is 2.86 bits per heavy atom. The fourth-order valence-electron chi connectivity index (χ4n) is 0.276. The zero-order chi connectivity index (χ0) is 12.3. The monoisotopic (exact) mass is 109 g/mol. The van der Waals surface area contributed by atoms with E-state index in [1.165, 1.54) is 0 Å². The minimum Gasteiger partial charge on any atom is -0.392 e. The van der Waals surface area contributed by atoms with Gasteiger partial charge < -0.3 is 10.4 Å². The number of rotatable bonds is 0. The number of β-amino-alcohol motifs (C(OH)–C–C–N with tert-alkyl or cyclic N) is 1. The summed E-state index contributed by atoms with van der Waals surface area (Å²) in [7, 11) is 0. The second-order valence-corrected chi connectivity index (χ2v) is 1.03. The van der Waals surface area contributed by atoms with Crippen molar-refractivity contribution in [3.8, 4) is 0 Å². The van der Waals surface area contributed by atoms with E-state index in [4.69, 9.17) is 11.0 Å². The first kappa shape index (κ1) is 1.09. The Morgan fingerprint density at radius 3 is 3.71 bits per heavy atom. The van der Waals surface area contributed by atoms with Gasteiger partial charge in [-0.15, -0.1) is 0 Å². The zero-order valence-corrected chi connectivity index (χ0v) is 3.52. The lowest BCUT2D eigenvalue weighted by atomic mass is 10.1. The molecule has 2 heteroatoms. The van der Waals surface area contributed by atoms with E-state index in [1.807, 2.05) is 0 Å². The van der Waals surface area contributed by atoms with Crippen molar-refractivity contribution >= 4 is 0 Å². The molecule has 0 bridgehead atoms. The predicted octanol–water partition coefficient (Wildman–Crippen LogP) is -0.269. The van der Waals surface area contributed by atoms with Crippen molar-refractivity contribution < 1.29 is 16.1 Å². The van der Waals surface area contributed by atoms with Crippen LogP contribution in [0.15, 0.2) is 0 Å². The third kappa shape index (κ3) is 1.45. The van der Waals surface area contributed by atoms with E-state index in [-0.39, 0.29) is 0 Å². The molecule has 0 aromatic carbocycles. The van der Waals surface area contributed by atoms with Crippen LogP contribution in [0.1, 0.15) is 23.7 Å². The molecule has 2 atom stereocenters. The zero-order valence-electron chi connectivity index (χ0n) is 11.5. The summed E-state index contributed by atoms with van der Waals surface area (Å²) in [4.78, 5) is 0. The van der Waals surface area contributed by atoms with E-state index in [0.29, 0.717) is 0 Å². The SMILES string of the molecule is [2H]C1NC([2H])([2H])C([2H])(O)C([2H])([2H])C1([2H])[2H].